The summed E-state index contributed by atoms with van der Waals surface area (Å²) in [4.78, 5) is 20.8. The molecule has 0 atom stereocenters. The molecule has 1 aliphatic heterocycles. The molecule has 1 amide bonds. The lowest BCUT2D eigenvalue weighted by molar-refractivity contribution is -0.131. The molecule has 1 aromatic carbocycles. The third kappa shape index (κ3) is 4.55. The third-order valence-corrected chi connectivity index (χ3v) is 5.60. The summed E-state index contributed by atoms with van der Waals surface area (Å²) in [5.41, 5.74) is 3.17. The number of hydrogen-bond acceptors (Lipinski definition) is 4. The van der Waals surface area contributed by atoms with E-state index in [-0.39, 0.29) is 5.91 Å². The van der Waals surface area contributed by atoms with Gasteiger partial charge in [-0.05, 0) is 37.7 Å². The summed E-state index contributed by atoms with van der Waals surface area (Å²) in [6.07, 6.45) is 0.393. The molecule has 2 heterocycles. The van der Waals surface area contributed by atoms with Gasteiger partial charge in [0.2, 0.25) is 5.91 Å². The maximum atomic E-state index is 12.4. The Bertz CT molecular complexity index is 766. The third-order valence-electron chi connectivity index (χ3n) is 4.28. The second kappa shape index (κ2) is 7.93. The molecule has 0 bridgehead atoms. The number of nitrogens with zero attached hydrogens (tertiary/aromatic N) is 3. The molecular weight excluding hydrogens is 352 g/mol. The van der Waals surface area contributed by atoms with Gasteiger partial charge in [0.1, 0.15) is 5.01 Å². The summed E-state index contributed by atoms with van der Waals surface area (Å²) in [6.45, 7) is 6.89. The van der Waals surface area contributed by atoms with Crippen LogP contribution in [-0.2, 0) is 11.2 Å². The summed E-state index contributed by atoms with van der Waals surface area (Å²) >= 11 is 7.08. The number of piperazine rings is 1. The number of aryl methyl sites for hydroxylation is 2. The summed E-state index contributed by atoms with van der Waals surface area (Å²) in [7, 11) is 0. The van der Waals surface area contributed by atoms with E-state index in [0.29, 0.717) is 19.5 Å². The van der Waals surface area contributed by atoms with E-state index in [1.165, 1.54) is 0 Å². The predicted molar refractivity (Wildman–Crippen MR) is 106 cm³/mol. The number of hydrogen-bond donors (Lipinski definition) is 1. The van der Waals surface area contributed by atoms with Crippen molar-refractivity contribution in [1.82, 2.24) is 14.8 Å². The van der Waals surface area contributed by atoms with E-state index in [0.717, 1.165) is 40.2 Å². The molecule has 0 radical (unpaired) electrons. The molecule has 0 saturated carbocycles. The molecule has 0 spiro atoms. The second-order valence-corrected chi connectivity index (χ2v) is 7.50. The van der Waals surface area contributed by atoms with Crippen LogP contribution in [0.15, 0.2) is 29.6 Å². The summed E-state index contributed by atoms with van der Waals surface area (Å²) in [6, 6.07) is 8.09. The number of thiocarbonyl (C=S) groups is 1. The fourth-order valence-corrected chi connectivity index (χ4v) is 3.85. The lowest BCUT2D eigenvalue weighted by Gasteiger charge is -2.36. The Hall–Kier alpha value is -1.99. The number of aromatic nitrogens is 1. The molecule has 3 rings (SSSR count). The van der Waals surface area contributed by atoms with Crippen molar-refractivity contribution in [2.75, 3.05) is 31.5 Å². The standard InChI is InChI=1S/C18H22N4OS2/c1-13-5-3-4-6-15(13)20-18(24)22-9-7-21(8-10-22)17(23)11-16-19-14(2)12-25-16/h3-6,12H,7-11H2,1-2H3,(H,20,24). The van der Waals surface area contributed by atoms with Crippen molar-refractivity contribution in [2.24, 2.45) is 0 Å². The lowest BCUT2D eigenvalue weighted by Crippen LogP contribution is -2.52. The maximum Gasteiger partial charge on any atom is 0.229 e. The van der Waals surface area contributed by atoms with Crippen LogP contribution >= 0.6 is 23.6 Å². The second-order valence-electron chi connectivity index (χ2n) is 6.17. The highest BCUT2D eigenvalue weighted by Crippen LogP contribution is 2.15. The van der Waals surface area contributed by atoms with Crippen LogP contribution in [0.2, 0.25) is 0 Å². The summed E-state index contributed by atoms with van der Waals surface area (Å²) in [5.74, 6) is 0.145. The van der Waals surface area contributed by atoms with Crippen molar-refractivity contribution in [3.05, 3.63) is 45.9 Å². The fourth-order valence-electron chi connectivity index (χ4n) is 2.79. The molecular formula is C18H22N4OS2. The summed E-state index contributed by atoms with van der Waals surface area (Å²) < 4.78 is 0. The molecule has 25 heavy (non-hydrogen) atoms. The number of benzene rings is 1. The normalized spacial score (nSPS) is 14.5. The number of rotatable bonds is 3. The van der Waals surface area contributed by atoms with Crippen molar-refractivity contribution in [3.8, 4) is 0 Å². The molecule has 1 N–H and O–H groups in total. The Morgan fingerprint density at radius 1 is 1.20 bits per heavy atom. The van der Waals surface area contributed by atoms with E-state index < -0.39 is 0 Å². The van der Waals surface area contributed by atoms with Crippen LogP contribution in [0.1, 0.15) is 16.3 Å². The van der Waals surface area contributed by atoms with Crippen LogP contribution in [0, 0.1) is 13.8 Å². The van der Waals surface area contributed by atoms with Gasteiger partial charge in [-0.2, -0.15) is 0 Å². The first kappa shape index (κ1) is 17.8. The van der Waals surface area contributed by atoms with Crippen LogP contribution in [0.3, 0.4) is 0 Å². The van der Waals surface area contributed by atoms with Gasteiger partial charge in [-0.3, -0.25) is 4.79 Å². The molecule has 1 fully saturated rings. The van der Waals surface area contributed by atoms with E-state index in [1.54, 1.807) is 11.3 Å². The Balaban J connectivity index is 1.50. The van der Waals surface area contributed by atoms with Gasteiger partial charge in [0.05, 0.1) is 6.42 Å². The fraction of sp³-hybridized carbons (Fsp3) is 0.389. The maximum absolute atomic E-state index is 12.4. The Kier molecular flexibility index (Phi) is 5.65. The molecule has 0 unspecified atom stereocenters. The number of amides is 1. The van der Waals surface area contributed by atoms with E-state index >= 15 is 0 Å². The van der Waals surface area contributed by atoms with E-state index in [9.17, 15) is 4.79 Å². The highest BCUT2D eigenvalue weighted by Gasteiger charge is 2.23. The molecule has 1 saturated heterocycles. The average Bonchev–Trinajstić information content (AvgIpc) is 3.02. The molecule has 0 aliphatic carbocycles. The largest absolute Gasteiger partial charge is 0.345 e. The van der Waals surface area contributed by atoms with E-state index in [4.69, 9.17) is 12.2 Å². The Morgan fingerprint density at radius 3 is 2.52 bits per heavy atom. The van der Waals surface area contributed by atoms with Gasteiger partial charge in [-0.1, -0.05) is 18.2 Å². The van der Waals surface area contributed by atoms with Crippen LogP contribution < -0.4 is 5.32 Å². The number of nitrogens with one attached hydrogen (secondary N) is 1. The predicted octanol–water partition coefficient (Wildman–Crippen LogP) is 2.84. The zero-order chi connectivity index (χ0) is 17.8. The first-order valence-corrected chi connectivity index (χ1v) is 9.62. The quantitative estimate of drug-likeness (QED) is 0.837. The minimum Gasteiger partial charge on any atom is -0.345 e. The van der Waals surface area contributed by atoms with Crippen LogP contribution in [0.5, 0.6) is 0 Å². The van der Waals surface area contributed by atoms with Gasteiger partial charge in [0, 0.05) is 42.9 Å². The number of para-hydroxylation sites is 1. The minimum atomic E-state index is 0.145. The zero-order valence-electron chi connectivity index (χ0n) is 14.5. The van der Waals surface area contributed by atoms with Crippen LogP contribution in [-0.4, -0.2) is 52.0 Å². The van der Waals surface area contributed by atoms with Gasteiger partial charge in [-0.15, -0.1) is 11.3 Å². The average molecular weight is 375 g/mol. The van der Waals surface area contributed by atoms with Gasteiger partial charge in [-0.25, -0.2) is 4.98 Å². The van der Waals surface area contributed by atoms with Gasteiger partial charge in [0.15, 0.2) is 5.11 Å². The number of carbonyl (C=O) groups is 1. The monoisotopic (exact) mass is 374 g/mol. The molecule has 1 aromatic heterocycles. The highest BCUT2D eigenvalue weighted by atomic mass is 32.1. The Labute approximate surface area is 157 Å². The molecule has 5 nitrogen and oxygen atoms in total. The van der Waals surface area contributed by atoms with E-state index in [1.807, 2.05) is 35.4 Å². The SMILES string of the molecule is Cc1csc(CC(=O)N2CCN(C(=S)Nc3ccccc3C)CC2)n1. The molecule has 7 heteroatoms. The van der Waals surface area contributed by atoms with Crippen molar-refractivity contribution in [1.29, 1.82) is 0 Å². The van der Waals surface area contributed by atoms with Crippen molar-refractivity contribution in [2.45, 2.75) is 20.3 Å². The van der Waals surface area contributed by atoms with E-state index in [2.05, 4.69) is 28.2 Å². The van der Waals surface area contributed by atoms with Crippen molar-refractivity contribution >= 4 is 40.3 Å². The Morgan fingerprint density at radius 2 is 1.88 bits per heavy atom. The first-order valence-electron chi connectivity index (χ1n) is 8.33. The number of thiazole rings is 1. The summed E-state index contributed by atoms with van der Waals surface area (Å²) in [5, 5.41) is 6.90. The smallest absolute Gasteiger partial charge is 0.229 e. The first-order chi connectivity index (χ1) is 12.0. The van der Waals surface area contributed by atoms with Gasteiger partial charge in [0.25, 0.3) is 0 Å². The van der Waals surface area contributed by atoms with Gasteiger partial charge >= 0.3 is 0 Å². The number of anilines is 1. The molecule has 1 aliphatic rings. The lowest BCUT2D eigenvalue weighted by atomic mass is 10.2. The van der Waals surface area contributed by atoms with Crippen LogP contribution in [0.4, 0.5) is 5.69 Å². The topological polar surface area (TPSA) is 48.5 Å². The van der Waals surface area contributed by atoms with Crippen LogP contribution in [0.25, 0.3) is 0 Å². The van der Waals surface area contributed by atoms with Gasteiger partial charge < -0.3 is 15.1 Å². The minimum absolute atomic E-state index is 0.145. The zero-order valence-corrected chi connectivity index (χ0v) is 16.1. The highest BCUT2D eigenvalue weighted by molar-refractivity contribution is 7.80. The molecule has 2 aromatic rings. The molecule has 132 valence electrons. The number of carbonyl (C=O) groups excluding carboxylic acids is 1. The van der Waals surface area contributed by atoms with Crippen molar-refractivity contribution in [3.63, 3.8) is 0 Å². The van der Waals surface area contributed by atoms with Crippen molar-refractivity contribution < 1.29 is 4.79 Å².